The second kappa shape index (κ2) is 11.8. The highest BCUT2D eigenvalue weighted by molar-refractivity contribution is 7.15. The Kier molecular flexibility index (Phi) is 7.72. The Balaban J connectivity index is 1.04. The van der Waals surface area contributed by atoms with Crippen molar-refractivity contribution < 1.29 is 9.18 Å². The van der Waals surface area contributed by atoms with Gasteiger partial charge in [-0.15, -0.1) is 10.2 Å². The summed E-state index contributed by atoms with van der Waals surface area (Å²) in [5, 5.41) is 12.5. The van der Waals surface area contributed by atoms with E-state index in [4.69, 9.17) is 0 Å². The van der Waals surface area contributed by atoms with Crippen LogP contribution in [0.5, 0.6) is 0 Å². The summed E-state index contributed by atoms with van der Waals surface area (Å²) < 4.78 is 17.2. The van der Waals surface area contributed by atoms with Gasteiger partial charge in [-0.2, -0.15) is 0 Å². The van der Waals surface area contributed by atoms with Gasteiger partial charge in [0.1, 0.15) is 16.5 Å². The minimum absolute atomic E-state index is 0.0838. The number of aromatic nitrogens is 5. The fourth-order valence-electron chi connectivity index (χ4n) is 6.04. The smallest absolute Gasteiger partial charge is 0.230 e. The number of benzene rings is 1. The van der Waals surface area contributed by atoms with Crippen LogP contribution in [0.4, 0.5) is 9.52 Å². The molecule has 5 heterocycles. The van der Waals surface area contributed by atoms with Crippen LogP contribution in [-0.4, -0.2) is 54.5 Å². The number of likely N-dealkylation sites (tertiary alicyclic amines) is 1. The second-order valence-corrected chi connectivity index (χ2v) is 13.5. The number of carbonyl (C=O) groups is 1. The highest BCUT2D eigenvalue weighted by Crippen LogP contribution is 2.49. The minimum Gasteiger partial charge on any atom is -0.300 e. The molecule has 0 bridgehead atoms. The predicted octanol–water partition coefficient (Wildman–Crippen LogP) is 6.70. The standard InChI is InChI=1S/C34H36FN7OS/c1-22(41-13-4-3-5-14-41)16-27-17-23(8-12-36-27)24-9-15-42-29(21-37-30(42)19-24)26-7-6-25(28(35)18-26)20-31(43)38-33-40-39-32(44-33)34(2)10-11-34/h6-9,12,15,17-19,21-22H,3-5,10-11,13-14,16,20H2,1-2H3,(H,38,40,43). The summed E-state index contributed by atoms with van der Waals surface area (Å²) in [6, 6.07) is 13.8. The summed E-state index contributed by atoms with van der Waals surface area (Å²) >= 11 is 1.39. The lowest BCUT2D eigenvalue weighted by molar-refractivity contribution is -0.115. The molecule has 1 unspecified atom stereocenters. The number of piperidine rings is 1. The van der Waals surface area contributed by atoms with Gasteiger partial charge in [-0.3, -0.25) is 14.2 Å². The van der Waals surface area contributed by atoms with Gasteiger partial charge in [0.25, 0.3) is 0 Å². The highest BCUT2D eigenvalue weighted by Gasteiger charge is 2.42. The van der Waals surface area contributed by atoms with E-state index in [1.54, 1.807) is 12.3 Å². The largest absolute Gasteiger partial charge is 0.300 e. The Hall–Kier alpha value is -4.02. The Bertz CT molecular complexity index is 1820. The molecule has 1 amide bonds. The van der Waals surface area contributed by atoms with E-state index < -0.39 is 5.82 Å². The maximum Gasteiger partial charge on any atom is 0.230 e. The van der Waals surface area contributed by atoms with Gasteiger partial charge in [0.05, 0.1) is 18.3 Å². The van der Waals surface area contributed by atoms with Crippen molar-refractivity contribution in [2.75, 3.05) is 18.4 Å². The number of hydrogen-bond donors (Lipinski definition) is 1. The Morgan fingerprint density at radius 3 is 2.64 bits per heavy atom. The van der Waals surface area contributed by atoms with Gasteiger partial charge in [-0.25, -0.2) is 9.37 Å². The first-order valence-corrected chi connectivity index (χ1v) is 16.3. The maximum absolute atomic E-state index is 15.2. The molecular formula is C34H36FN7OS. The van der Waals surface area contributed by atoms with E-state index >= 15 is 4.39 Å². The van der Waals surface area contributed by atoms with Crippen molar-refractivity contribution in [3.05, 3.63) is 83.1 Å². The van der Waals surface area contributed by atoms with Crippen molar-refractivity contribution in [3.63, 3.8) is 0 Å². The van der Waals surface area contributed by atoms with Gasteiger partial charge in [-0.05, 0) is 92.7 Å². The lowest BCUT2D eigenvalue weighted by Gasteiger charge is -2.32. The molecule has 1 aliphatic carbocycles. The van der Waals surface area contributed by atoms with Gasteiger partial charge in [-0.1, -0.05) is 36.8 Å². The average Bonchev–Trinajstić information content (AvgIpc) is 3.40. The van der Waals surface area contributed by atoms with Crippen molar-refractivity contribution in [1.29, 1.82) is 0 Å². The van der Waals surface area contributed by atoms with Crippen LogP contribution in [0.1, 0.15) is 62.2 Å². The van der Waals surface area contributed by atoms with E-state index in [1.165, 1.54) is 49.8 Å². The fraction of sp³-hybridized carbons (Fsp3) is 0.382. The molecule has 4 aromatic heterocycles. The topological polar surface area (TPSA) is 88.3 Å². The molecule has 8 nitrogen and oxygen atoms in total. The number of imidazole rings is 1. The molecule has 1 atom stereocenters. The first-order valence-electron chi connectivity index (χ1n) is 15.4. The number of nitrogens with zero attached hydrogens (tertiary/aromatic N) is 6. The molecule has 1 saturated heterocycles. The summed E-state index contributed by atoms with van der Waals surface area (Å²) in [4.78, 5) is 24.5. The van der Waals surface area contributed by atoms with E-state index in [-0.39, 0.29) is 17.7 Å². The number of anilines is 1. The van der Waals surface area contributed by atoms with Crippen molar-refractivity contribution in [2.45, 2.75) is 70.3 Å². The molecule has 0 radical (unpaired) electrons. The van der Waals surface area contributed by atoms with Crippen LogP contribution in [0.3, 0.4) is 0 Å². The number of hydrogen-bond acceptors (Lipinski definition) is 7. The predicted molar refractivity (Wildman–Crippen MR) is 171 cm³/mol. The first-order chi connectivity index (χ1) is 21.3. The van der Waals surface area contributed by atoms with Crippen LogP contribution < -0.4 is 5.32 Å². The third kappa shape index (κ3) is 6.01. The van der Waals surface area contributed by atoms with Gasteiger partial charge in [0.2, 0.25) is 11.0 Å². The van der Waals surface area contributed by atoms with Crippen LogP contribution in [0.15, 0.2) is 61.1 Å². The average molecular weight is 610 g/mol. The molecule has 1 aromatic carbocycles. The van der Waals surface area contributed by atoms with Gasteiger partial charge >= 0.3 is 0 Å². The molecule has 7 rings (SSSR count). The SMILES string of the molecule is CC(Cc1cc(-c2ccn3c(-c4ccc(CC(=O)Nc5nnc(C6(C)CC6)s5)c(F)c4)cnc3c2)ccn1)N1CCCCC1. The third-order valence-electron chi connectivity index (χ3n) is 9.07. The van der Waals surface area contributed by atoms with Gasteiger partial charge in [0.15, 0.2) is 0 Å². The normalized spacial score (nSPS) is 17.1. The van der Waals surface area contributed by atoms with Crippen LogP contribution in [-0.2, 0) is 23.1 Å². The lowest BCUT2D eigenvalue weighted by atomic mass is 10.0. The Morgan fingerprint density at radius 1 is 1.02 bits per heavy atom. The van der Waals surface area contributed by atoms with Crippen molar-refractivity contribution in [2.24, 2.45) is 0 Å². The summed E-state index contributed by atoms with van der Waals surface area (Å²) in [7, 11) is 0. The first kappa shape index (κ1) is 28.7. The number of halogens is 1. The number of pyridine rings is 2. The number of carbonyl (C=O) groups excluding carboxylic acids is 1. The summed E-state index contributed by atoms with van der Waals surface area (Å²) in [5.74, 6) is -0.751. The van der Waals surface area contributed by atoms with E-state index in [2.05, 4.69) is 56.4 Å². The number of fused-ring (bicyclic) bond motifs is 1. The number of rotatable bonds is 9. The summed E-state index contributed by atoms with van der Waals surface area (Å²) in [6.45, 7) is 6.79. The van der Waals surface area contributed by atoms with Gasteiger partial charge in [0, 0.05) is 41.5 Å². The monoisotopic (exact) mass is 609 g/mol. The van der Waals surface area contributed by atoms with E-state index in [0.29, 0.717) is 22.3 Å². The third-order valence-corrected chi connectivity index (χ3v) is 10.2. The molecule has 1 N–H and O–H groups in total. The van der Waals surface area contributed by atoms with Crippen LogP contribution in [0.25, 0.3) is 28.0 Å². The molecule has 2 aliphatic rings. The van der Waals surface area contributed by atoms with Crippen LogP contribution in [0, 0.1) is 5.82 Å². The molecule has 44 heavy (non-hydrogen) atoms. The van der Waals surface area contributed by atoms with Gasteiger partial charge < -0.3 is 10.2 Å². The molecule has 1 aliphatic heterocycles. The number of nitrogens with one attached hydrogen (secondary N) is 1. The molecule has 226 valence electrons. The molecule has 0 spiro atoms. The zero-order valence-corrected chi connectivity index (χ0v) is 25.9. The summed E-state index contributed by atoms with van der Waals surface area (Å²) in [5.41, 5.74) is 5.92. The van der Waals surface area contributed by atoms with E-state index in [9.17, 15) is 4.79 Å². The quantitative estimate of drug-likeness (QED) is 0.200. The zero-order valence-electron chi connectivity index (χ0n) is 25.1. The van der Waals surface area contributed by atoms with Crippen LogP contribution in [0.2, 0.25) is 0 Å². The van der Waals surface area contributed by atoms with Crippen molar-refractivity contribution >= 4 is 28.0 Å². The molecule has 2 fully saturated rings. The molecule has 10 heteroatoms. The van der Waals surface area contributed by atoms with Crippen LogP contribution >= 0.6 is 11.3 Å². The molecular weight excluding hydrogens is 573 g/mol. The minimum atomic E-state index is -0.434. The second-order valence-electron chi connectivity index (χ2n) is 12.5. The van der Waals surface area contributed by atoms with Crippen molar-refractivity contribution in [1.82, 2.24) is 29.5 Å². The number of amides is 1. The fourth-order valence-corrected chi connectivity index (χ4v) is 7.00. The van der Waals surface area contributed by atoms with E-state index in [0.717, 1.165) is 52.4 Å². The molecule has 1 saturated carbocycles. The zero-order chi connectivity index (χ0) is 30.3. The maximum atomic E-state index is 15.2. The Labute approximate surface area is 260 Å². The Morgan fingerprint density at radius 2 is 1.84 bits per heavy atom. The lowest BCUT2D eigenvalue weighted by Crippen LogP contribution is -2.38. The summed E-state index contributed by atoms with van der Waals surface area (Å²) in [6.07, 6.45) is 12.5. The highest BCUT2D eigenvalue weighted by atomic mass is 32.1. The van der Waals surface area contributed by atoms with Crippen molar-refractivity contribution in [3.8, 4) is 22.4 Å². The van der Waals surface area contributed by atoms with E-state index in [1.807, 2.05) is 35.0 Å². The molecule has 5 aromatic rings.